The fourth-order valence-electron chi connectivity index (χ4n) is 7.96. The molecule has 0 spiro atoms. The second kappa shape index (κ2) is 5.32. The van der Waals surface area contributed by atoms with E-state index < -0.39 is 0 Å². The molecule has 0 radical (unpaired) electrons. The van der Waals surface area contributed by atoms with Crippen molar-refractivity contribution in [2.24, 2.45) is 39.9 Å². The fourth-order valence-corrected chi connectivity index (χ4v) is 7.96. The molecule has 4 aliphatic carbocycles. The second-order valence-electron chi connectivity index (χ2n) is 10.6. The number of rotatable bonds is 1. The molecule has 4 saturated carbocycles. The molecule has 2 nitrogen and oxygen atoms in total. The smallest absolute Gasteiger partial charge is 0.132 e. The minimum absolute atomic E-state index is 0.0713. The Hall–Kier alpha value is -0.370. The molecule has 4 fully saturated rings. The van der Waals surface area contributed by atoms with Crippen molar-refractivity contribution in [3.8, 4) is 0 Å². The highest BCUT2D eigenvalue weighted by molar-refractivity contribution is 5.78. The molecule has 0 amide bonds. The van der Waals surface area contributed by atoms with Crippen LogP contribution in [0.5, 0.6) is 0 Å². The zero-order chi connectivity index (χ0) is 17.3. The van der Waals surface area contributed by atoms with E-state index in [1.54, 1.807) is 6.92 Å². The molecule has 1 N–H and O–H groups in total. The van der Waals surface area contributed by atoms with Gasteiger partial charge in [-0.2, -0.15) is 0 Å². The first-order valence-electron chi connectivity index (χ1n) is 10.4. The molecule has 8 atom stereocenters. The van der Waals surface area contributed by atoms with Gasteiger partial charge in [-0.05, 0) is 98.7 Å². The third-order valence-corrected chi connectivity index (χ3v) is 9.90. The van der Waals surface area contributed by atoms with Crippen LogP contribution in [0.1, 0.15) is 85.5 Å². The van der Waals surface area contributed by atoms with E-state index in [1.807, 2.05) is 0 Å². The second-order valence-corrected chi connectivity index (χ2v) is 10.6. The maximum Gasteiger partial charge on any atom is 0.132 e. The first-order chi connectivity index (χ1) is 11.2. The Morgan fingerprint density at radius 3 is 2.38 bits per heavy atom. The van der Waals surface area contributed by atoms with Gasteiger partial charge in [0.15, 0.2) is 0 Å². The summed E-state index contributed by atoms with van der Waals surface area (Å²) in [5, 5.41) is 10.6. The molecule has 2 heteroatoms. The quantitative estimate of drug-likeness (QED) is 0.735. The van der Waals surface area contributed by atoms with E-state index in [0.717, 1.165) is 37.0 Å². The molecule has 136 valence electrons. The molecule has 0 aromatic rings. The number of carbonyl (C=O) groups is 1. The van der Waals surface area contributed by atoms with Crippen molar-refractivity contribution in [1.29, 1.82) is 0 Å². The number of Topliss-reactive ketones (excluding diaryl/α,β-unsaturated/α-hetero) is 1. The predicted octanol–water partition coefficient (Wildman–Crippen LogP) is 4.99. The third kappa shape index (κ3) is 2.07. The average molecular weight is 333 g/mol. The van der Waals surface area contributed by atoms with Crippen LogP contribution < -0.4 is 0 Å². The van der Waals surface area contributed by atoms with Crippen molar-refractivity contribution in [3.63, 3.8) is 0 Å². The first-order valence-corrected chi connectivity index (χ1v) is 10.4. The molecule has 0 aromatic heterocycles. The topological polar surface area (TPSA) is 37.3 Å². The maximum atomic E-state index is 12.0. The van der Waals surface area contributed by atoms with Gasteiger partial charge in [0.2, 0.25) is 0 Å². The number of fused-ring (bicyclic) bond motifs is 5. The van der Waals surface area contributed by atoms with Crippen molar-refractivity contribution in [2.75, 3.05) is 0 Å². The summed E-state index contributed by atoms with van der Waals surface area (Å²) in [4.78, 5) is 12.0. The molecule has 0 aliphatic heterocycles. The van der Waals surface area contributed by atoms with Crippen molar-refractivity contribution in [2.45, 2.75) is 91.6 Å². The van der Waals surface area contributed by atoms with Crippen molar-refractivity contribution in [3.05, 3.63) is 0 Å². The number of hydrogen-bond acceptors (Lipinski definition) is 2. The Kier molecular flexibility index (Phi) is 3.78. The molecule has 4 aliphatic rings. The molecule has 0 heterocycles. The van der Waals surface area contributed by atoms with Crippen LogP contribution in [0.3, 0.4) is 0 Å². The summed E-state index contributed by atoms with van der Waals surface area (Å²) in [6, 6.07) is 0. The van der Waals surface area contributed by atoms with E-state index in [9.17, 15) is 9.90 Å². The molecular formula is C22H36O2. The molecular weight excluding hydrogens is 296 g/mol. The number of aliphatic hydroxyl groups is 1. The zero-order valence-electron chi connectivity index (χ0n) is 16.1. The van der Waals surface area contributed by atoms with E-state index in [-0.39, 0.29) is 11.5 Å². The van der Waals surface area contributed by atoms with Crippen molar-refractivity contribution in [1.82, 2.24) is 0 Å². The summed E-state index contributed by atoms with van der Waals surface area (Å²) < 4.78 is 0. The molecule has 0 saturated heterocycles. The van der Waals surface area contributed by atoms with Gasteiger partial charge in [-0.3, -0.25) is 4.79 Å². The number of aliphatic hydroxyl groups excluding tert-OH is 1. The normalized spacial score (nSPS) is 57.0. The van der Waals surface area contributed by atoms with Gasteiger partial charge in [-0.1, -0.05) is 20.8 Å². The van der Waals surface area contributed by atoms with E-state index >= 15 is 0 Å². The van der Waals surface area contributed by atoms with Gasteiger partial charge in [0.25, 0.3) is 0 Å². The molecule has 0 unspecified atom stereocenters. The van der Waals surface area contributed by atoms with Crippen LogP contribution in [0.4, 0.5) is 0 Å². The Balaban J connectivity index is 1.64. The van der Waals surface area contributed by atoms with Crippen molar-refractivity contribution >= 4 is 5.78 Å². The van der Waals surface area contributed by atoms with Gasteiger partial charge >= 0.3 is 0 Å². The van der Waals surface area contributed by atoms with Crippen LogP contribution in [-0.4, -0.2) is 17.0 Å². The summed E-state index contributed by atoms with van der Waals surface area (Å²) in [5.74, 6) is 3.08. The van der Waals surface area contributed by atoms with Crippen LogP contribution >= 0.6 is 0 Å². The summed E-state index contributed by atoms with van der Waals surface area (Å²) in [6.45, 7) is 9.23. The van der Waals surface area contributed by atoms with Gasteiger partial charge in [-0.25, -0.2) is 0 Å². The third-order valence-electron chi connectivity index (χ3n) is 9.90. The highest BCUT2D eigenvalue weighted by atomic mass is 16.3. The van der Waals surface area contributed by atoms with Gasteiger partial charge in [-0.15, -0.1) is 0 Å². The van der Waals surface area contributed by atoms with Crippen LogP contribution in [0, 0.1) is 39.9 Å². The Morgan fingerprint density at radius 2 is 1.67 bits per heavy atom. The van der Waals surface area contributed by atoms with Crippen LogP contribution in [0.15, 0.2) is 0 Å². The molecule has 24 heavy (non-hydrogen) atoms. The number of carbonyl (C=O) groups excluding carboxylic acids is 1. The minimum atomic E-state index is -0.0713. The lowest BCUT2D eigenvalue weighted by atomic mass is 9.40. The van der Waals surface area contributed by atoms with E-state index in [0.29, 0.717) is 22.5 Å². The fraction of sp³-hybridized carbons (Fsp3) is 0.955. The Labute approximate surface area is 147 Å². The summed E-state index contributed by atoms with van der Waals surface area (Å²) in [6.07, 6.45) is 10.8. The zero-order valence-corrected chi connectivity index (χ0v) is 16.1. The monoisotopic (exact) mass is 332 g/mol. The lowest BCUT2D eigenvalue weighted by Gasteiger charge is -2.65. The van der Waals surface area contributed by atoms with E-state index in [2.05, 4.69) is 20.8 Å². The SMILES string of the molecule is CC(=O)[C@H]1CC[C@@]2(C)[C@@H]3CC[C@]4(C)[C@H](CC[C@@H]4O)[C@@H]3CC[C@@]2(C)C1. The maximum absolute atomic E-state index is 12.0. The summed E-state index contributed by atoms with van der Waals surface area (Å²) in [5.41, 5.74) is 0.923. The predicted molar refractivity (Wildman–Crippen MR) is 96.5 cm³/mol. The van der Waals surface area contributed by atoms with Gasteiger partial charge in [0.05, 0.1) is 6.10 Å². The van der Waals surface area contributed by atoms with Gasteiger partial charge in [0, 0.05) is 5.92 Å². The lowest BCUT2D eigenvalue weighted by molar-refractivity contribution is -0.168. The van der Waals surface area contributed by atoms with Crippen LogP contribution in [-0.2, 0) is 4.79 Å². The van der Waals surface area contributed by atoms with E-state index in [4.69, 9.17) is 0 Å². The number of ketones is 1. The van der Waals surface area contributed by atoms with Gasteiger partial charge < -0.3 is 5.11 Å². The van der Waals surface area contributed by atoms with Crippen LogP contribution in [0.2, 0.25) is 0 Å². The average Bonchev–Trinajstić information content (AvgIpc) is 2.83. The molecule has 0 bridgehead atoms. The largest absolute Gasteiger partial charge is 0.393 e. The standard InChI is InChI=1S/C22H36O2/c1-14(23)15-7-12-22(4)18-9-11-21(3)17(5-6-19(21)24)16(18)8-10-20(22,2)13-15/h15-19,24H,5-13H2,1-4H3/t15-,16-,17+,18+,19-,20-,21+,22-/m0/s1. The highest BCUT2D eigenvalue weighted by Gasteiger charge is 2.63. The number of hydrogen-bond donors (Lipinski definition) is 1. The van der Waals surface area contributed by atoms with E-state index in [1.165, 1.54) is 38.5 Å². The van der Waals surface area contributed by atoms with Gasteiger partial charge in [0.1, 0.15) is 5.78 Å². The first kappa shape index (κ1) is 17.1. The lowest BCUT2D eigenvalue weighted by Crippen LogP contribution is -2.58. The Morgan fingerprint density at radius 1 is 0.917 bits per heavy atom. The summed E-state index contributed by atoms with van der Waals surface area (Å²) in [7, 11) is 0. The van der Waals surface area contributed by atoms with Crippen molar-refractivity contribution < 1.29 is 9.90 Å². The summed E-state index contributed by atoms with van der Waals surface area (Å²) >= 11 is 0. The molecule has 4 rings (SSSR count). The molecule has 0 aromatic carbocycles. The van der Waals surface area contributed by atoms with Crippen LogP contribution in [0.25, 0.3) is 0 Å². The minimum Gasteiger partial charge on any atom is -0.393 e. The highest BCUT2D eigenvalue weighted by Crippen LogP contribution is 2.70. The Bertz CT molecular complexity index is 542.